The zero-order chi connectivity index (χ0) is 20.2. The van der Waals surface area contributed by atoms with Gasteiger partial charge in [0.1, 0.15) is 17.1 Å². The summed E-state index contributed by atoms with van der Waals surface area (Å²) in [6.07, 6.45) is 1.68. The predicted molar refractivity (Wildman–Crippen MR) is 114 cm³/mol. The smallest absolute Gasteiger partial charge is 0.345 e. The molecule has 0 saturated heterocycles. The molecule has 2 aromatic heterocycles. The molecule has 0 spiro atoms. The van der Waals surface area contributed by atoms with Crippen LogP contribution >= 0.6 is 11.3 Å². The Morgan fingerprint density at radius 3 is 2.59 bits per heavy atom. The standard InChI is InChI=1S/C21H17N3O4S/c1-26-15-5-3-13(4-6-15)11-22-24-21-23-18(12-29-21)17-10-14-9-16(27-2)7-8-19(14)28-20(17)25/h3-12H,1-2H3,(H,23,24). The molecule has 4 aromatic rings. The molecule has 0 aliphatic heterocycles. The van der Waals surface area contributed by atoms with E-state index in [4.69, 9.17) is 13.9 Å². The van der Waals surface area contributed by atoms with E-state index in [0.717, 1.165) is 16.7 Å². The number of rotatable bonds is 6. The molecule has 8 heteroatoms. The number of hydrogen-bond acceptors (Lipinski definition) is 8. The quantitative estimate of drug-likeness (QED) is 0.290. The molecule has 0 bridgehead atoms. The predicted octanol–water partition coefficient (Wildman–Crippen LogP) is 4.38. The molecule has 29 heavy (non-hydrogen) atoms. The van der Waals surface area contributed by atoms with E-state index in [-0.39, 0.29) is 0 Å². The van der Waals surface area contributed by atoms with Crippen molar-refractivity contribution in [2.24, 2.45) is 5.10 Å². The largest absolute Gasteiger partial charge is 0.497 e. The fourth-order valence-electron chi connectivity index (χ4n) is 2.71. The van der Waals surface area contributed by atoms with Gasteiger partial charge in [-0.15, -0.1) is 11.3 Å². The number of methoxy groups -OCH3 is 2. The molecule has 0 aliphatic carbocycles. The lowest BCUT2D eigenvalue weighted by Gasteiger charge is -2.03. The van der Waals surface area contributed by atoms with Gasteiger partial charge >= 0.3 is 5.63 Å². The Morgan fingerprint density at radius 2 is 1.83 bits per heavy atom. The van der Waals surface area contributed by atoms with Gasteiger partial charge in [0.15, 0.2) is 0 Å². The molecule has 0 atom stereocenters. The number of hydrazone groups is 1. The summed E-state index contributed by atoms with van der Waals surface area (Å²) in [5.41, 5.74) is 4.76. The minimum Gasteiger partial charge on any atom is -0.497 e. The van der Waals surface area contributed by atoms with Gasteiger partial charge < -0.3 is 13.9 Å². The highest BCUT2D eigenvalue weighted by atomic mass is 32.1. The Balaban J connectivity index is 1.54. The van der Waals surface area contributed by atoms with Crippen LogP contribution in [0.5, 0.6) is 11.5 Å². The van der Waals surface area contributed by atoms with Gasteiger partial charge in [-0.1, -0.05) is 0 Å². The lowest BCUT2D eigenvalue weighted by molar-refractivity contribution is 0.415. The van der Waals surface area contributed by atoms with Crippen LogP contribution in [0.25, 0.3) is 22.2 Å². The summed E-state index contributed by atoms with van der Waals surface area (Å²) in [6, 6.07) is 14.5. The topological polar surface area (TPSA) is 85.9 Å². The number of nitrogens with zero attached hydrogens (tertiary/aromatic N) is 2. The molecule has 0 aliphatic rings. The molecule has 0 fully saturated rings. The lowest BCUT2D eigenvalue weighted by atomic mass is 10.1. The van der Waals surface area contributed by atoms with Crippen LogP contribution in [0.15, 0.2) is 68.2 Å². The molecule has 0 radical (unpaired) electrons. The first-order valence-electron chi connectivity index (χ1n) is 8.67. The van der Waals surface area contributed by atoms with Crippen molar-refractivity contribution in [3.8, 4) is 22.8 Å². The van der Waals surface area contributed by atoms with Crippen LogP contribution in [0.4, 0.5) is 5.13 Å². The molecule has 2 aromatic carbocycles. The van der Waals surface area contributed by atoms with Crippen LogP contribution in [0.3, 0.4) is 0 Å². The molecule has 146 valence electrons. The van der Waals surface area contributed by atoms with Gasteiger partial charge in [-0.2, -0.15) is 5.10 Å². The Labute approximate surface area is 170 Å². The molecule has 1 N–H and O–H groups in total. The van der Waals surface area contributed by atoms with Crippen molar-refractivity contribution in [1.29, 1.82) is 0 Å². The van der Waals surface area contributed by atoms with Gasteiger partial charge in [-0.3, -0.25) is 5.43 Å². The lowest BCUT2D eigenvalue weighted by Crippen LogP contribution is -2.03. The first-order valence-corrected chi connectivity index (χ1v) is 9.55. The van der Waals surface area contributed by atoms with Crippen LogP contribution in [0.2, 0.25) is 0 Å². The summed E-state index contributed by atoms with van der Waals surface area (Å²) in [6.45, 7) is 0. The first-order chi connectivity index (χ1) is 14.2. The second-order valence-electron chi connectivity index (χ2n) is 6.03. The maximum absolute atomic E-state index is 12.4. The average Bonchev–Trinajstić information content (AvgIpc) is 3.22. The summed E-state index contributed by atoms with van der Waals surface area (Å²) in [5.74, 6) is 1.47. The third-order valence-corrected chi connectivity index (χ3v) is 4.96. The Morgan fingerprint density at radius 1 is 1.07 bits per heavy atom. The highest BCUT2D eigenvalue weighted by Crippen LogP contribution is 2.27. The molecule has 0 amide bonds. The number of benzene rings is 2. The Kier molecular flexibility index (Phi) is 5.26. The molecule has 0 unspecified atom stereocenters. The van der Waals surface area contributed by atoms with Crippen molar-refractivity contribution in [3.63, 3.8) is 0 Å². The molecule has 4 rings (SSSR count). The SMILES string of the molecule is COc1ccc(C=NNc2nc(-c3cc4cc(OC)ccc4oc3=O)cs2)cc1. The van der Waals surface area contributed by atoms with E-state index in [1.807, 2.05) is 30.3 Å². The van der Waals surface area contributed by atoms with Crippen LogP contribution in [0, 0.1) is 0 Å². The van der Waals surface area contributed by atoms with Crippen LogP contribution in [-0.2, 0) is 0 Å². The van der Waals surface area contributed by atoms with E-state index in [9.17, 15) is 4.79 Å². The second-order valence-corrected chi connectivity index (χ2v) is 6.89. The number of ether oxygens (including phenoxy) is 2. The summed E-state index contributed by atoms with van der Waals surface area (Å²) in [4.78, 5) is 16.8. The van der Waals surface area contributed by atoms with E-state index < -0.39 is 5.63 Å². The monoisotopic (exact) mass is 407 g/mol. The fourth-order valence-corrected chi connectivity index (χ4v) is 3.37. The van der Waals surface area contributed by atoms with Crippen LogP contribution < -0.4 is 20.5 Å². The van der Waals surface area contributed by atoms with Gasteiger partial charge in [0, 0.05) is 10.8 Å². The number of hydrogen-bond donors (Lipinski definition) is 1. The number of anilines is 1. The number of nitrogens with one attached hydrogen (secondary N) is 1. The third kappa shape index (κ3) is 4.12. The van der Waals surface area contributed by atoms with Crippen LogP contribution in [-0.4, -0.2) is 25.4 Å². The summed E-state index contributed by atoms with van der Waals surface area (Å²) in [7, 11) is 3.21. The number of aromatic nitrogens is 1. The van der Waals surface area contributed by atoms with Gasteiger partial charge in [0.2, 0.25) is 5.13 Å². The van der Waals surface area contributed by atoms with E-state index >= 15 is 0 Å². The second kappa shape index (κ2) is 8.15. The van der Waals surface area contributed by atoms with Crippen molar-refractivity contribution < 1.29 is 13.9 Å². The van der Waals surface area contributed by atoms with Crippen molar-refractivity contribution in [1.82, 2.24) is 4.98 Å². The summed E-state index contributed by atoms with van der Waals surface area (Å²) < 4.78 is 15.8. The normalized spacial score (nSPS) is 11.1. The average molecular weight is 407 g/mol. The van der Waals surface area contributed by atoms with Crippen molar-refractivity contribution in [3.05, 3.63) is 69.9 Å². The van der Waals surface area contributed by atoms with Gasteiger partial charge in [-0.05, 0) is 54.1 Å². The van der Waals surface area contributed by atoms with E-state index in [1.54, 1.807) is 44.0 Å². The first kappa shape index (κ1) is 18.7. The Hall–Kier alpha value is -3.65. The van der Waals surface area contributed by atoms with Gasteiger partial charge in [0.05, 0.1) is 31.7 Å². The summed E-state index contributed by atoms with van der Waals surface area (Å²) in [5, 5.41) is 7.29. The van der Waals surface area contributed by atoms with E-state index in [0.29, 0.717) is 27.7 Å². The molecule has 0 saturated carbocycles. The third-order valence-electron chi connectivity index (χ3n) is 4.21. The molecule has 7 nitrogen and oxygen atoms in total. The van der Waals surface area contributed by atoms with Crippen molar-refractivity contribution in [2.45, 2.75) is 0 Å². The van der Waals surface area contributed by atoms with Gasteiger partial charge in [-0.25, -0.2) is 9.78 Å². The molecular formula is C21H17N3O4S. The highest BCUT2D eigenvalue weighted by Gasteiger charge is 2.12. The highest BCUT2D eigenvalue weighted by molar-refractivity contribution is 7.14. The number of thiazole rings is 1. The van der Waals surface area contributed by atoms with E-state index in [1.165, 1.54) is 11.3 Å². The molecule has 2 heterocycles. The van der Waals surface area contributed by atoms with Crippen LogP contribution in [0.1, 0.15) is 5.56 Å². The fraction of sp³-hybridized carbons (Fsp3) is 0.0952. The molecular weight excluding hydrogens is 390 g/mol. The minimum atomic E-state index is -0.443. The summed E-state index contributed by atoms with van der Waals surface area (Å²) >= 11 is 1.35. The maximum Gasteiger partial charge on any atom is 0.345 e. The maximum atomic E-state index is 12.4. The van der Waals surface area contributed by atoms with Crippen molar-refractivity contribution in [2.75, 3.05) is 19.6 Å². The van der Waals surface area contributed by atoms with E-state index in [2.05, 4.69) is 15.5 Å². The zero-order valence-corrected chi connectivity index (χ0v) is 16.5. The van der Waals surface area contributed by atoms with Crippen molar-refractivity contribution >= 4 is 33.7 Å². The minimum absolute atomic E-state index is 0.384. The zero-order valence-electron chi connectivity index (χ0n) is 15.7. The number of fused-ring (bicyclic) bond motifs is 1. The van der Waals surface area contributed by atoms with Gasteiger partial charge in [0.25, 0.3) is 0 Å². The Bertz CT molecular complexity index is 1230.